The number of thioether (sulfide) groups is 1. The number of benzene rings is 4. The molecule has 0 atom stereocenters. The molecule has 16 nitrogen and oxygen atoms in total. The molecule has 4 aliphatic rings. The second-order valence-corrected chi connectivity index (χ2v) is 23.6. The fourth-order valence-corrected chi connectivity index (χ4v) is 14.0. The minimum atomic E-state index is -0.503. The van der Waals surface area contributed by atoms with E-state index in [9.17, 15) is 60.0 Å². The molecule has 4 aromatic carbocycles. The molecule has 0 aromatic heterocycles. The standard InChI is InChI=1S/C58H66N4O12S4/c1-35-31-40(63)37(16-20-48(68)60-25-9-4-10-26-60)56(51(35)71)76-45-33-42(65)39(18-22-50(70)62-29-13-6-14-30-62)58(53(45)73)78-46-34-43(66)38(17-21-49(69)61-27-11-5-12-28-61)57(54(46)74)77-44-32-41(64)36(55(75-2)52(44)72)15-19-47(67)59-23-7-3-8-24-59/h15-22,31-34,63-66,71-74H,3-14,23-30H2,1-2H3. The van der Waals surface area contributed by atoms with E-state index in [0.29, 0.717) is 64.1 Å². The van der Waals surface area contributed by atoms with Gasteiger partial charge in [0, 0.05) is 98.9 Å². The van der Waals surface area contributed by atoms with Gasteiger partial charge < -0.3 is 60.5 Å². The lowest BCUT2D eigenvalue weighted by atomic mass is 10.1. The van der Waals surface area contributed by atoms with Crippen LogP contribution in [-0.2, 0) is 19.2 Å². The molecule has 0 radical (unpaired) electrons. The number of aromatic hydroxyl groups is 8. The van der Waals surface area contributed by atoms with Crippen molar-refractivity contribution in [1.82, 2.24) is 19.6 Å². The second-order valence-electron chi connectivity index (χ2n) is 19.6. The summed E-state index contributed by atoms with van der Waals surface area (Å²) in [5.41, 5.74) is 0.464. The molecule has 4 saturated heterocycles. The van der Waals surface area contributed by atoms with E-state index in [-0.39, 0.29) is 109 Å². The molecular weight excluding hydrogens is 1070 g/mol. The number of carbonyl (C=O) groups excluding carboxylic acids is 4. The molecule has 8 rings (SSSR count). The van der Waals surface area contributed by atoms with Crippen LogP contribution >= 0.6 is 47.0 Å². The molecule has 0 bridgehead atoms. The van der Waals surface area contributed by atoms with E-state index in [0.717, 1.165) is 112 Å². The Bertz CT molecular complexity index is 3060. The van der Waals surface area contributed by atoms with E-state index in [1.54, 1.807) is 32.8 Å². The number of aryl methyl sites for hydroxylation is 1. The minimum Gasteiger partial charge on any atom is -0.507 e. The minimum absolute atomic E-state index is 0.0226. The first-order chi connectivity index (χ1) is 37.5. The van der Waals surface area contributed by atoms with E-state index < -0.39 is 23.0 Å². The number of likely N-dealkylation sites (tertiary alicyclic amines) is 4. The topological polar surface area (TPSA) is 243 Å². The van der Waals surface area contributed by atoms with Gasteiger partial charge >= 0.3 is 0 Å². The number of amides is 4. The Hall–Kier alpha value is -6.48. The van der Waals surface area contributed by atoms with Crippen LogP contribution in [0.3, 0.4) is 0 Å². The van der Waals surface area contributed by atoms with E-state index in [4.69, 9.17) is 0 Å². The summed E-state index contributed by atoms with van der Waals surface area (Å²) in [4.78, 5) is 60.2. The number of phenolic OH excluding ortho intramolecular Hbond substituents is 8. The third kappa shape index (κ3) is 13.5. The van der Waals surface area contributed by atoms with Crippen molar-refractivity contribution < 1.29 is 60.0 Å². The van der Waals surface area contributed by atoms with Gasteiger partial charge in [0.05, 0.1) is 34.3 Å². The zero-order valence-corrected chi connectivity index (χ0v) is 47.0. The van der Waals surface area contributed by atoms with Crippen molar-refractivity contribution in [3.63, 3.8) is 0 Å². The maximum Gasteiger partial charge on any atom is 0.246 e. The lowest BCUT2D eigenvalue weighted by Crippen LogP contribution is -2.34. The Morgan fingerprint density at radius 3 is 0.897 bits per heavy atom. The first kappa shape index (κ1) is 57.7. The van der Waals surface area contributed by atoms with E-state index >= 15 is 0 Å². The van der Waals surface area contributed by atoms with Crippen molar-refractivity contribution in [2.45, 2.75) is 118 Å². The van der Waals surface area contributed by atoms with E-state index in [2.05, 4.69) is 0 Å². The Kier molecular flexibility index (Phi) is 19.6. The second kappa shape index (κ2) is 26.4. The molecule has 414 valence electrons. The third-order valence-corrected chi connectivity index (χ3v) is 18.5. The molecule has 8 N–H and O–H groups in total. The van der Waals surface area contributed by atoms with Crippen molar-refractivity contribution >= 4 is 95.0 Å². The quantitative estimate of drug-likeness (QED) is 0.0313. The lowest BCUT2D eigenvalue weighted by Gasteiger charge is -2.25. The number of rotatable bonds is 15. The number of hydrogen-bond acceptors (Lipinski definition) is 16. The molecule has 4 heterocycles. The Balaban J connectivity index is 1.23. The van der Waals surface area contributed by atoms with Gasteiger partial charge in [-0.1, -0.05) is 35.3 Å². The first-order valence-corrected chi connectivity index (χ1v) is 30.0. The van der Waals surface area contributed by atoms with Gasteiger partial charge in [0.2, 0.25) is 23.6 Å². The molecular formula is C58H66N4O12S4. The average Bonchev–Trinajstić information content (AvgIpc) is 3.45. The van der Waals surface area contributed by atoms with Gasteiger partial charge in [0.1, 0.15) is 46.0 Å². The lowest BCUT2D eigenvalue weighted by molar-refractivity contribution is -0.127. The van der Waals surface area contributed by atoms with Gasteiger partial charge in [-0.25, -0.2) is 0 Å². The number of nitrogens with zero attached hydrogens (tertiary/aromatic N) is 4. The van der Waals surface area contributed by atoms with Gasteiger partial charge in [-0.2, -0.15) is 0 Å². The van der Waals surface area contributed by atoms with Crippen LogP contribution in [0, 0.1) is 6.92 Å². The summed E-state index contributed by atoms with van der Waals surface area (Å²) in [6.07, 6.45) is 23.3. The number of piperidine rings is 4. The zero-order valence-electron chi connectivity index (χ0n) is 43.7. The highest BCUT2D eigenvalue weighted by Gasteiger charge is 2.28. The van der Waals surface area contributed by atoms with Crippen LogP contribution < -0.4 is 0 Å². The summed E-state index contributed by atoms with van der Waals surface area (Å²) in [5.74, 6) is -4.17. The van der Waals surface area contributed by atoms with Crippen molar-refractivity contribution in [3.05, 3.63) is 76.4 Å². The van der Waals surface area contributed by atoms with Crippen LogP contribution in [0.5, 0.6) is 46.0 Å². The van der Waals surface area contributed by atoms with Crippen LogP contribution in [0.4, 0.5) is 0 Å². The molecule has 4 fully saturated rings. The SMILES string of the molecule is CSc1c(O)c(Sc2c(O)c(Sc3c(O)c(Sc4c(O)c(C)cc(O)c4C=CC(=O)N4CCCCC4)cc(O)c3C=CC(=O)N3CCCCC3)cc(O)c2C=CC(=O)N2CCCCC2)cc(O)c1C=CC(=O)N1CCCCC1. The van der Waals surface area contributed by atoms with Gasteiger partial charge in [-0.3, -0.25) is 19.2 Å². The average molecular weight is 1140 g/mol. The fraction of sp³-hybridized carbons (Fsp3) is 0.379. The van der Waals surface area contributed by atoms with Crippen molar-refractivity contribution in [2.75, 3.05) is 58.6 Å². The summed E-state index contributed by atoms with van der Waals surface area (Å²) in [6.45, 7) is 6.12. The highest BCUT2D eigenvalue weighted by Crippen LogP contribution is 2.56. The number of phenols is 8. The van der Waals surface area contributed by atoms with Crippen LogP contribution in [0.25, 0.3) is 24.3 Å². The van der Waals surface area contributed by atoms with Gasteiger partial charge in [0.25, 0.3) is 0 Å². The molecule has 4 aliphatic heterocycles. The maximum absolute atomic E-state index is 13.5. The Labute approximate surface area is 471 Å². The molecule has 4 aromatic rings. The highest BCUT2D eigenvalue weighted by atomic mass is 32.2. The van der Waals surface area contributed by atoms with Gasteiger partial charge in [0.15, 0.2) is 0 Å². The van der Waals surface area contributed by atoms with Gasteiger partial charge in [-0.15, -0.1) is 11.8 Å². The van der Waals surface area contributed by atoms with Crippen LogP contribution in [0.2, 0.25) is 0 Å². The molecule has 78 heavy (non-hydrogen) atoms. The Morgan fingerprint density at radius 2 is 0.615 bits per heavy atom. The Morgan fingerprint density at radius 1 is 0.372 bits per heavy atom. The summed E-state index contributed by atoms with van der Waals surface area (Å²) < 4.78 is 0. The van der Waals surface area contributed by atoms with Crippen LogP contribution in [-0.4, -0.2) is 143 Å². The summed E-state index contributed by atoms with van der Waals surface area (Å²) in [7, 11) is 0. The third-order valence-electron chi connectivity index (χ3n) is 14.3. The molecule has 0 saturated carbocycles. The van der Waals surface area contributed by atoms with Crippen LogP contribution in [0.1, 0.15) is 105 Å². The highest BCUT2D eigenvalue weighted by molar-refractivity contribution is 8.01. The smallest absolute Gasteiger partial charge is 0.246 e. The molecule has 0 aliphatic carbocycles. The van der Waals surface area contributed by atoms with E-state index in [1.807, 2.05) is 0 Å². The number of carbonyl (C=O) groups is 4. The summed E-state index contributed by atoms with van der Waals surface area (Å²) in [6, 6.07) is 5.05. The molecule has 4 amide bonds. The van der Waals surface area contributed by atoms with Crippen LogP contribution in [0.15, 0.2) is 82.8 Å². The molecule has 0 unspecified atom stereocenters. The van der Waals surface area contributed by atoms with E-state index in [1.165, 1.54) is 72.9 Å². The first-order valence-electron chi connectivity index (χ1n) is 26.3. The predicted molar refractivity (Wildman–Crippen MR) is 306 cm³/mol. The largest absolute Gasteiger partial charge is 0.507 e. The molecule has 0 spiro atoms. The summed E-state index contributed by atoms with van der Waals surface area (Å²) >= 11 is 3.38. The van der Waals surface area contributed by atoms with Crippen molar-refractivity contribution in [1.29, 1.82) is 0 Å². The van der Waals surface area contributed by atoms with Gasteiger partial charge in [-0.05, 0) is 144 Å². The van der Waals surface area contributed by atoms with Crippen molar-refractivity contribution in [3.8, 4) is 46.0 Å². The fourth-order valence-electron chi connectivity index (χ4n) is 9.87. The monoisotopic (exact) mass is 1140 g/mol. The predicted octanol–water partition coefficient (Wildman–Crippen LogP) is 10.9. The van der Waals surface area contributed by atoms with Crippen molar-refractivity contribution in [2.24, 2.45) is 0 Å². The zero-order chi connectivity index (χ0) is 55.6. The maximum atomic E-state index is 13.5. The summed E-state index contributed by atoms with van der Waals surface area (Å²) in [5, 5.41) is 95.1. The number of hydrogen-bond donors (Lipinski definition) is 8. The normalized spacial score (nSPS) is 16.6. The molecule has 20 heteroatoms.